The third-order valence-electron chi connectivity index (χ3n) is 3.81. The lowest BCUT2D eigenvalue weighted by atomic mass is 9.86. The number of hydrogen-bond acceptors (Lipinski definition) is 3. The quantitative estimate of drug-likeness (QED) is 0.769. The van der Waals surface area contributed by atoms with Crippen molar-refractivity contribution in [3.05, 3.63) is 28.8 Å². The number of carbonyl (C=O) groups is 1. The molecule has 2 rings (SSSR count). The van der Waals surface area contributed by atoms with Crippen LogP contribution in [0.1, 0.15) is 24.8 Å². The van der Waals surface area contributed by atoms with Gasteiger partial charge in [-0.15, -0.1) is 13.2 Å². The van der Waals surface area contributed by atoms with Gasteiger partial charge in [0.1, 0.15) is 5.75 Å². The molecule has 0 unspecified atom stereocenters. The van der Waals surface area contributed by atoms with Crippen LogP contribution in [0.15, 0.2) is 18.2 Å². The summed E-state index contributed by atoms with van der Waals surface area (Å²) >= 11 is 5.84. The number of aliphatic carboxylic acids is 1. The molecule has 1 aromatic rings. The summed E-state index contributed by atoms with van der Waals surface area (Å²) in [6.07, 6.45) is -12.4. The molecule has 0 bridgehead atoms. The van der Waals surface area contributed by atoms with Gasteiger partial charge in [0, 0.05) is 10.9 Å². The monoisotopic (exact) mass is 392 g/mol. The Hall–Kier alpha value is -1.68. The largest absolute Gasteiger partial charge is 0.573 e. The van der Waals surface area contributed by atoms with Gasteiger partial charge in [-0.25, -0.2) is 4.79 Å². The van der Waals surface area contributed by atoms with Crippen LogP contribution >= 0.6 is 11.6 Å². The van der Waals surface area contributed by atoms with Gasteiger partial charge in [0.05, 0.1) is 0 Å². The van der Waals surface area contributed by atoms with E-state index in [-0.39, 0.29) is 10.6 Å². The summed E-state index contributed by atoms with van der Waals surface area (Å²) in [6.45, 7) is 0.706. The molecule has 3 atom stereocenters. The molecule has 1 aliphatic heterocycles. The maximum Gasteiger partial charge on any atom is 0.573 e. The van der Waals surface area contributed by atoms with Crippen LogP contribution in [0.5, 0.6) is 5.75 Å². The summed E-state index contributed by atoms with van der Waals surface area (Å²) in [5, 5.41) is 8.78. The Labute approximate surface area is 142 Å². The van der Waals surface area contributed by atoms with Gasteiger partial charge >= 0.3 is 18.5 Å². The second-order valence-electron chi connectivity index (χ2n) is 5.65. The highest BCUT2D eigenvalue weighted by molar-refractivity contribution is 6.31. The van der Waals surface area contributed by atoms with Crippen LogP contribution in [-0.4, -0.2) is 35.3 Å². The summed E-state index contributed by atoms with van der Waals surface area (Å²) in [5.74, 6) is -3.60. The predicted octanol–water partition coefficient (Wildman–Crippen LogP) is 4.52. The summed E-state index contributed by atoms with van der Waals surface area (Å²) < 4.78 is 84.3. The molecule has 1 N–H and O–H groups in total. The molecule has 0 aromatic heterocycles. The van der Waals surface area contributed by atoms with Gasteiger partial charge in [-0.1, -0.05) is 17.7 Å². The third-order valence-corrected chi connectivity index (χ3v) is 4.14. The lowest BCUT2D eigenvalue weighted by Crippen LogP contribution is -2.42. The van der Waals surface area contributed by atoms with E-state index < -0.39 is 48.3 Å². The van der Waals surface area contributed by atoms with E-state index in [0.717, 1.165) is 18.2 Å². The first kappa shape index (κ1) is 19.6. The first-order valence-electron chi connectivity index (χ1n) is 6.76. The minimum atomic E-state index is -4.97. The highest BCUT2D eigenvalue weighted by Crippen LogP contribution is 2.50. The van der Waals surface area contributed by atoms with Gasteiger partial charge in [-0.2, -0.15) is 13.2 Å². The van der Waals surface area contributed by atoms with Crippen molar-refractivity contribution < 1.29 is 45.7 Å². The molecule has 11 heteroatoms. The number of benzene rings is 1. The fourth-order valence-corrected chi connectivity index (χ4v) is 2.93. The van der Waals surface area contributed by atoms with Crippen molar-refractivity contribution in [2.75, 3.05) is 0 Å². The normalized spacial score (nSPS) is 27.4. The van der Waals surface area contributed by atoms with Gasteiger partial charge in [0.25, 0.3) is 0 Å². The maximum absolute atomic E-state index is 13.1. The first-order valence-corrected chi connectivity index (χ1v) is 7.14. The zero-order valence-electron chi connectivity index (χ0n) is 12.4. The molecule has 1 aliphatic rings. The highest BCUT2D eigenvalue weighted by atomic mass is 35.5. The van der Waals surface area contributed by atoms with E-state index in [1.165, 1.54) is 0 Å². The van der Waals surface area contributed by atoms with E-state index in [1.807, 2.05) is 0 Å². The molecular formula is C14H11ClF6O4. The van der Waals surface area contributed by atoms with Crippen LogP contribution in [0.2, 0.25) is 5.02 Å². The predicted molar refractivity (Wildman–Crippen MR) is 72.5 cm³/mol. The van der Waals surface area contributed by atoms with E-state index >= 15 is 0 Å². The number of hydrogen-bond donors (Lipinski definition) is 1. The Morgan fingerprint density at radius 1 is 1.32 bits per heavy atom. The molecule has 0 saturated carbocycles. The van der Waals surface area contributed by atoms with E-state index in [2.05, 4.69) is 4.74 Å². The van der Waals surface area contributed by atoms with Crippen molar-refractivity contribution >= 4 is 17.6 Å². The second kappa shape index (κ2) is 6.24. The average Bonchev–Trinajstić information content (AvgIpc) is 2.76. The van der Waals surface area contributed by atoms with Crippen molar-refractivity contribution in [1.29, 1.82) is 0 Å². The first-order chi connectivity index (χ1) is 11.2. The Bertz CT molecular complexity index is 674. The zero-order valence-corrected chi connectivity index (χ0v) is 13.2. The van der Waals surface area contributed by atoms with Crippen LogP contribution in [0.25, 0.3) is 0 Å². The van der Waals surface area contributed by atoms with Crippen LogP contribution < -0.4 is 4.74 Å². The second-order valence-corrected chi connectivity index (χ2v) is 6.05. The number of carboxylic acid groups (broad SMARTS) is 1. The number of carboxylic acids is 1. The van der Waals surface area contributed by atoms with Gasteiger partial charge in [-0.05, 0) is 31.0 Å². The molecule has 0 spiro atoms. The maximum atomic E-state index is 13.1. The molecular weight excluding hydrogens is 382 g/mol. The van der Waals surface area contributed by atoms with Crippen LogP contribution in [-0.2, 0) is 9.53 Å². The van der Waals surface area contributed by atoms with Crippen LogP contribution in [0.3, 0.4) is 0 Å². The Morgan fingerprint density at radius 2 is 1.92 bits per heavy atom. The molecule has 1 aromatic carbocycles. The van der Waals surface area contributed by atoms with Crippen molar-refractivity contribution in [2.24, 2.45) is 0 Å². The molecule has 1 heterocycles. The molecule has 0 amide bonds. The van der Waals surface area contributed by atoms with Gasteiger partial charge in [0.2, 0.25) is 0 Å². The minimum Gasteiger partial charge on any atom is -0.479 e. The fourth-order valence-electron chi connectivity index (χ4n) is 2.62. The van der Waals surface area contributed by atoms with Crippen LogP contribution in [0.4, 0.5) is 26.3 Å². The zero-order chi connectivity index (χ0) is 19.2. The number of ether oxygens (including phenoxy) is 2. The van der Waals surface area contributed by atoms with E-state index in [4.69, 9.17) is 21.4 Å². The summed E-state index contributed by atoms with van der Waals surface area (Å²) in [7, 11) is 0. The fraction of sp³-hybridized carbons (Fsp3) is 0.500. The Morgan fingerprint density at radius 3 is 2.36 bits per heavy atom. The summed E-state index contributed by atoms with van der Waals surface area (Å²) in [5.41, 5.74) is -2.79. The summed E-state index contributed by atoms with van der Waals surface area (Å²) in [4.78, 5) is 11.3. The van der Waals surface area contributed by atoms with E-state index in [1.54, 1.807) is 0 Å². The molecule has 1 fully saturated rings. The van der Waals surface area contributed by atoms with Crippen LogP contribution in [0, 0.1) is 0 Å². The molecule has 0 aliphatic carbocycles. The van der Waals surface area contributed by atoms with Crippen molar-refractivity contribution in [1.82, 2.24) is 0 Å². The average molecular weight is 393 g/mol. The Balaban J connectivity index is 2.37. The molecule has 25 heavy (non-hydrogen) atoms. The standard InChI is InChI=1S/C14H11ClF6O4/c1-12(13(16,17)18)5-8(10(25-12)11(22)23)7-3-2-6(4-9(7)15)24-14(19,20)21/h2-4,8,10H,5H2,1H3,(H,22,23)/t8-,10+,12+/m0/s1. The van der Waals surface area contributed by atoms with E-state index in [0.29, 0.717) is 6.92 Å². The van der Waals surface area contributed by atoms with Gasteiger partial charge in [-0.3, -0.25) is 0 Å². The lowest BCUT2D eigenvalue weighted by Gasteiger charge is -2.26. The van der Waals surface area contributed by atoms with Crippen molar-refractivity contribution in [2.45, 2.75) is 43.5 Å². The molecule has 4 nitrogen and oxygen atoms in total. The number of rotatable bonds is 3. The molecule has 1 saturated heterocycles. The SMILES string of the molecule is C[C@]1(C(F)(F)F)C[C@@H](c2ccc(OC(F)(F)F)cc2Cl)[C@H](C(=O)O)O1. The highest BCUT2D eigenvalue weighted by Gasteiger charge is 2.61. The minimum absolute atomic E-state index is 0.0726. The van der Waals surface area contributed by atoms with Gasteiger partial charge < -0.3 is 14.6 Å². The Kier molecular flexibility index (Phi) is 4.90. The number of alkyl halides is 6. The summed E-state index contributed by atoms with van der Waals surface area (Å²) in [6, 6.07) is 2.60. The van der Waals surface area contributed by atoms with Crippen molar-refractivity contribution in [3.63, 3.8) is 0 Å². The molecule has 0 radical (unpaired) electrons. The van der Waals surface area contributed by atoms with E-state index in [9.17, 15) is 31.1 Å². The third kappa shape index (κ3) is 4.12. The van der Waals surface area contributed by atoms with Crippen molar-refractivity contribution in [3.8, 4) is 5.75 Å². The lowest BCUT2D eigenvalue weighted by molar-refractivity contribution is -0.274. The van der Waals surface area contributed by atoms with Gasteiger partial charge in [0.15, 0.2) is 11.7 Å². The molecule has 140 valence electrons. The smallest absolute Gasteiger partial charge is 0.479 e. The topological polar surface area (TPSA) is 55.8 Å². The number of halogens is 7.